The molecule has 5 nitrogen and oxygen atoms in total. The van der Waals surface area contributed by atoms with E-state index >= 15 is 0 Å². The molecule has 0 saturated carbocycles. The average molecular weight is 374 g/mol. The maximum atomic E-state index is 13.7. The lowest BCUT2D eigenvalue weighted by Gasteiger charge is -2.08. The first-order valence-electron chi connectivity index (χ1n) is 5.59. The molecule has 2 aromatic carbocycles. The molecule has 0 aliphatic rings. The molecule has 0 heterocycles. The molecule has 1 N–H and O–H groups in total. The highest BCUT2D eigenvalue weighted by Crippen LogP contribution is 2.27. The number of hydrogen-bond acceptors (Lipinski definition) is 3. The van der Waals surface area contributed by atoms with Crippen molar-refractivity contribution in [3.8, 4) is 0 Å². The number of amides is 1. The Morgan fingerprint density at radius 1 is 1.29 bits per heavy atom. The maximum absolute atomic E-state index is 13.7. The smallest absolute Gasteiger partial charge is 0.272 e. The Morgan fingerprint density at radius 2 is 2.00 bits per heavy atom. The van der Waals surface area contributed by atoms with Gasteiger partial charge < -0.3 is 5.32 Å². The minimum atomic E-state index is -0.972. The lowest BCUT2D eigenvalue weighted by atomic mass is 10.1. The van der Waals surface area contributed by atoms with Crippen molar-refractivity contribution in [2.75, 3.05) is 5.32 Å². The van der Waals surface area contributed by atoms with E-state index in [9.17, 15) is 19.3 Å². The van der Waals surface area contributed by atoms with E-state index < -0.39 is 22.3 Å². The lowest BCUT2D eigenvalue weighted by molar-refractivity contribution is -0.385. The predicted molar refractivity (Wildman–Crippen MR) is 80.2 cm³/mol. The number of non-ortho nitro benzene ring substituents is 1. The van der Waals surface area contributed by atoms with Crippen LogP contribution in [0.3, 0.4) is 0 Å². The van der Waals surface area contributed by atoms with Crippen molar-refractivity contribution in [1.29, 1.82) is 0 Å². The molecule has 8 heteroatoms. The number of carbonyl (C=O) groups is 1. The zero-order valence-corrected chi connectivity index (χ0v) is 12.6. The zero-order chi connectivity index (χ0) is 15.6. The second-order valence-electron chi connectivity index (χ2n) is 4.00. The van der Waals surface area contributed by atoms with Crippen molar-refractivity contribution < 1.29 is 14.1 Å². The molecule has 2 aromatic rings. The van der Waals surface area contributed by atoms with Crippen LogP contribution in [0.1, 0.15) is 10.4 Å². The Kier molecular flexibility index (Phi) is 4.54. The van der Waals surface area contributed by atoms with Crippen molar-refractivity contribution in [3.05, 3.63) is 67.4 Å². The van der Waals surface area contributed by atoms with Gasteiger partial charge in [-0.1, -0.05) is 11.6 Å². The van der Waals surface area contributed by atoms with Crippen molar-refractivity contribution >= 4 is 44.8 Å². The number of carbonyl (C=O) groups excluding carboxylic acids is 1. The van der Waals surface area contributed by atoms with Crippen molar-refractivity contribution in [3.63, 3.8) is 0 Å². The first-order chi connectivity index (χ1) is 9.88. The quantitative estimate of drug-likeness (QED) is 0.640. The number of rotatable bonds is 3. The van der Waals surface area contributed by atoms with Crippen molar-refractivity contribution in [2.45, 2.75) is 0 Å². The van der Waals surface area contributed by atoms with Gasteiger partial charge in [0.15, 0.2) is 0 Å². The highest BCUT2D eigenvalue weighted by atomic mass is 79.9. The summed E-state index contributed by atoms with van der Waals surface area (Å²) in [6.45, 7) is 0. The molecule has 0 aromatic heterocycles. The average Bonchev–Trinajstić information content (AvgIpc) is 2.42. The molecule has 0 aliphatic carbocycles. The van der Waals surface area contributed by atoms with Crippen LogP contribution in [0.5, 0.6) is 0 Å². The molecule has 0 bridgehead atoms. The minimum absolute atomic E-state index is 0.299. The SMILES string of the molecule is O=C(Nc1cc(Cl)ccc1Br)c1ccc([N+](=O)[O-])cc1F. The Labute approximate surface area is 132 Å². The molecule has 1 amide bonds. The summed E-state index contributed by atoms with van der Waals surface area (Å²) < 4.78 is 14.3. The van der Waals surface area contributed by atoms with Crippen molar-refractivity contribution in [1.82, 2.24) is 0 Å². The van der Waals surface area contributed by atoms with Gasteiger partial charge in [-0.05, 0) is 40.2 Å². The standard InChI is InChI=1S/C13H7BrClFN2O3/c14-10-4-1-7(15)5-12(10)17-13(19)9-3-2-8(18(20)21)6-11(9)16/h1-6H,(H,17,19). The molecule has 0 fully saturated rings. The summed E-state index contributed by atoms with van der Waals surface area (Å²) in [6.07, 6.45) is 0. The molecule has 0 spiro atoms. The van der Waals surface area contributed by atoms with E-state index in [-0.39, 0.29) is 5.56 Å². The summed E-state index contributed by atoms with van der Waals surface area (Å²) in [7, 11) is 0. The molecular weight excluding hydrogens is 367 g/mol. The normalized spacial score (nSPS) is 10.2. The predicted octanol–water partition coefficient (Wildman–Crippen LogP) is 4.40. The van der Waals surface area contributed by atoms with Gasteiger partial charge in [-0.3, -0.25) is 14.9 Å². The Balaban J connectivity index is 2.28. The maximum Gasteiger partial charge on any atom is 0.272 e. The van der Waals surface area contributed by atoms with Crippen molar-refractivity contribution in [2.24, 2.45) is 0 Å². The molecule has 0 saturated heterocycles. The van der Waals surface area contributed by atoms with Gasteiger partial charge >= 0.3 is 0 Å². The summed E-state index contributed by atoms with van der Waals surface area (Å²) >= 11 is 9.04. The molecule has 0 aliphatic heterocycles. The molecule has 2 rings (SSSR count). The van der Waals surface area contributed by atoms with Crippen LogP contribution in [0.15, 0.2) is 40.9 Å². The Hall–Kier alpha value is -1.99. The lowest BCUT2D eigenvalue weighted by Crippen LogP contribution is -2.14. The Bertz CT molecular complexity index is 739. The second-order valence-corrected chi connectivity index (χ2v) is 5.29. The van der Waals surface area contributed by atoms with Crippen LogP contribution in [-0.4, -0.2) is 10.8 Å². The largest absolute Gasteiger partial charge is 0.321 e. The van der Waals surface area contributed by atoms with Gasteiger partial charge in [0, 0.05) is 15.6 Å². The van der Waals surface area contributed by atoms with Crippen LogP contribution in [0, 0.1) is 15.9 Å². The number of nitrogens with one attached hydrogen (secondary N) is 1. The number of nitro benzene ring substituents is 1. The first kappa shape index (κ1) is 15.4. The number of benzene rings is 2. The van der Waals surface area contributed by atoms with E-state index in [1.54, 1.807) is 12.1 Å². The van der Waals surface area contributed by atoms with Crippen LogP contribution in [-0.2, 0) is 0 Å². The highest BCUT2D eigenvalue weighted by molar-refractivity contribution is 9.10. The van der Waals surface area contributed by atoms with Crippen LogP contribution in [0.2, 0.25) is 5.02 Å². The van der Waals surface area contributed by atoms with Gasteiger partial charge in [0.25, 0.3) is 11.6 Å². The van der Waals surface area contributed by atoms with Crippen LogP contribution in [0.25, 0.3) is 0 Å². The van der Waals surface area contributed by atoms with Gasteiger partial charge in [-0.15, -0.1) is 0 Å². The van der Waals surface area contributed by atoms with Gasteiger partial charge in [-0.2, -0.15) is 0 Å². The molecule has 0 atom stereocenters. The van der Waals surface area contributed by atoms with Crippen LogP contribution >= 0.6 is 27.5 Å². The van der Waals surface area contributed by atoms with E-state index in [0.29, 0.717) is 21.2 Å². The molecule has 21 heavy (non-hydrogen) atoms. The number of anilines is 1. The van der Waals surface area contributed by atoms with Gasteiger partial charge in [-0.25, -0.2) is 4.39 Å². The number of nitro groups is 1. The fourth-order valence-electron chi connectivity index (χ4n) is 1.58. The van der Waals surface area contributed by atoms with Gasteiger partial charge in [0.05, 0.1) is 22.2 Å². The van der Waals surface area contributed by atoms with E-state index in [2.05, 4.69) is 21.2 Å². The number of halogens is 3. The highest BCUT2D eigenvalue weighted by Gasteiger charge is 2.17. The molecule has 0 unspecified atom stereocenters. The summed E-state index contributed by atoms with van der Waals surface area (Å²) in [5.41, 5.74) is -0.356. The molecule has 0 radical (unpaired) electrons. The summed E-state index contributed by atoms with van der Waals surface area (Å²) in [5, 5.41) is 13.4. The fourth-order valence-corrected chi connectivity index (χ4v) is 2.10. The summed E-state index contributed by atoms with van der Waals surface area (Å²) in [5.74, 6) is -1.70. The summed E-state index contributed by atoms with van der Waals surface area (Å²) in [6, 6.07) is 7.55. The fraction of sp³-hybridized carbons (Fsp3) is 0. The second kappa shape index (κ2) is 6.19. The number of nitrogens with zero attached hydrogens (tertiary/aromatic N) is 1. The third-order valence-corrected chi connectivity index (χ3v) is 3.51. The van der Waals surface area contributed by atoms with Gasteiger partial charge in [0.1, 0.15) is 5.82 Å². The monoisotopic (exact) mass is 372 g/mol. The topological polar surface area (TPSA) is 72.2 Å². The van der Waals surface area contributed by atoms with E-state index in [1.807, 2.05) is 0 Å². The molecular formula is C13H7BrClFN2O3. The third kappa shape index (κ3) is 3.56. The van der Waals surface area contributed by atoms with E-state index in [4.69, 9.17) is 11.6 Å². The van der Waals surface area contributed by atoms with Crippen LogP contribution < -0.4 is 5.32 Å². The first-order valence-corrected chi connectivity index (χ1v) is 6.76. The Morgan fingerprint density at radius 3 is 2.62 bits per heavy atom. The van der Waals surface area contributed by atoms with E-state index in [0.717, 1.165) is 12.1 Å². The minimum Gasteiger partial charge on any atom is -0.321 e. The zero-order valence-electron chi connectivity index (χ0n) is 10.3. The van der Waals surface area contributed by atoms with Gasteiger partial charge in [0.2, 0.25) is 0 Å². The third-order valence-electron chi connectivity index (χ3n) is 2.58. The molecule has 108 valence electrons. The number of hydrogen-bond donors (Lipinski definition) is 1. The van der Waals surface area contributed by atoms with E-state index in [1.165, 1.54) is 6.07 Å². The summed E-state index contributed by atoms with van der Waals surface area (Å²) in [4.78, 5) is 21.8. The van der Waals surface area contributed by atoms with Crippen LogP contribution in [0.4, 0.5) is 15.8 Å².